The molecular weight excluding hydrogens is 302 g/mol. The lowest BCUT2D eigenvalue weighted by molar-refractivity contribution is -0.0477. The normalized spacial score (nSPS) is 18.8. The second-order valence-electron chi connectivity index (χ2n) is 5.02. The summed E-state index contributed by atoms with van der Waals surface area (Å²) in [6, 6.07) is -1.51. The smallest absolute Gasteiger partial charge is 0.341 e. The number of sulfonamides is 1. The number of ether oxygens (including phenoxy) is 2. The van der Waals surface area contributed by atoms with Crippen molar-refractivity contribution in [2.75, 3.05) is 46.7 Å². The highest BCUT2D eigenvalue weighted by Gasteiger charge is 2.38. The zero-order chi connectivity index (χ0) is 16.3. The lowest BCUT2D eigenvalue weighted by atomic mass is 10.1. The number of rotatable bonds is 6. The molecule has 1 saturated heterocycles. The summed E-state index contributed by atoms with van der Waals surface area (Å²) < 4.78 is 33.6. The summed E-state index contributed by atoms with van der Waals surface area (Å²) in [7, 11) is -0.667. The molecule has 1 aliphatic heterocycles. The van der Waals surface area contributed by atoms with Crippen LogP contribution in [-0.2, 0) is 19.5 Å². The van der Waals surface area contributed by atoms with Crippen molar-refractivity contribution in [2.24, 2.45) is 0 Å². The molecule has 1 N–H and O–H groups in total. The second kappa shape index (κ2) is 6.58. The molecule has 1 atom stereocenters. The van der Waals surface area contributed by atoms with Gasteiger partial charge in [0.25, 0.3) is 0 Å². The first-order valence-electron chi connectivity index (χ1n) is 6.26. The maximum Gasteiger partial charge on any atom is 0.341 e. The fourth-order valence-corrected chi connectivity index (χ4v) is 2.65. The Kier molecular flexibility index (Phi) is 5.54. The standard InChI is InChI=1S/C11H21N3O6S/c1-11(20-3,8-19-2)7-12-9(15)13-5-6-14(10(13)16)21(4,17)18/h5-8H2,1-4H3,(H,12,15). The third-order valence-electron chi connectivity index (χ3n) is 3.17. The van der Waals surface area contributed by atoms with Gasteiger partial charge in [0.2, 0.25) is 10.0 Å². The SMILES string of the molecule is COCC(C)(CNC(=O)N1CCN(S(C)(=O)=O)C1=O)OC. The van der Waals surface area contributed by atoms with Crippen molar-refractivity contribution >= 4 is 22.1 Å². The van der Waals surface area contributed by atoms with Crippen molar-refractivity contribution in [3.8, 4) is 0 Å². The lowest BCUT2D eigenvalue weighted by Gasteiger charge is -2.28. The summed E-state index contributed by atoms with van der Waals surface area (Å²) in [4.78, 5) is 24.7. The Morgan fingerprint density at radius 2 is 2.00 bits per heavy atom. The molecule has 1 aliphatic rings. The summed E-state index contributed by atoms with van der Waals surface area (Å²) in [5, 5.41) is 2.54. The Morgan fingerprint density at radius 3 is 2.43 bits per heavy atom. The van der Waals surface area contributed by atoms with Gasteiger partial charge >= 0.3 is 12.1 Å². The molecule has 0 aromatic heterocycles. The molecule has 122 valence electrons. The third kappa shape index (κ3) is 4.29. The van der Waals surface area contributed by atoms with Crippen LogP contribution in [0.1, 0.15) is 6.92 Å². The van der Waals surface area contributed by atoms with E-state index in [4.69, 9.17) is 9.47 Å². The van der Waals surface area contributed by atoms with E-state index in [0.29, 0.717) is 4.31 Å². The molecule has 4 amide bonds. The van der Waals surface area contributed by atoms with E-state index in [1.54, 1.807) is 6.92 Å². The largest absolute Gasteiger partial charge is 0.382 e. The van der Waals surface area contributed by atoms with Gasteiger partial charge in [-0.2, -0.15) is 0 Å². The van der Waals surface area contributed by atoms with Crippen LogP contribution in [0.2, 0.25) is 0 Å². The van der Waals surface area contributed by atoms with E-state index < -0.39 is 27.7 Å². The van der Waals surface area contributed by atoms with Crippen molar-refractivity contribution in [1.82, 2.24) is 14.5 Å². The molecule has 0 aliphatic carbocycles. The van der Waals surface area contributed by atoms with E-state index in [0.717, 1.165) is 11.2 Å². The van der Waals surface area contributed by atoms with Gasteiger partial charge in [0.15, 0.2) is 0 Å². The Bertz CT molecular complexity index is 508. The minimum absolute atomic E-state index is 0.0196. The van der Waals surface area contributed by atoms with Gasteiger partial charge in [-0.1, -0.05) is 0 Å². The topological polar surface area (TPSA) is 105 Å². The highest BCUT2D eigenvalue weighted by molar-refractivity contribution is 7.88. The number of urea groups is 2. The molecule has 1 heterocycles. The number of imide groups is 1. The number of carbonyl (C=O) groups excluding carboxylic acids is 2. The summed E-state index contributed by atoms with van der Waals surface area (Å²) in [6.45, 7) is 2.10. The molecule has 0 radical (unpaired) electrons. The molecule has 0 aromatic rings. The van der Waals surface area contributed by atoms with Crippen LogP contribution >= 0.6 is 0 Å². The molecule has 0 aromatic carbocycles. The fraction of sp³-hybridized carbons (Fsp3) is 0.818. The number of nitrogens with one attached hydrogen (secondary N) is 1. The number of amides is 4. The molecule has 21 heavy (non-hydrogen) atoms. The van der Waals surface area contributed by atoms with E-state index in [9.17, 15) is 18.0 Å². The summed E-state index contributed by atoms with van der Waals surface area (Å²) in [5.74, 6) is 0. The van der Waals surface area contributed by atoms with Gasteiger partial charge in [-0.15, -0.1) is 0 Å². The first kappa shape index (κ1) is 17.7. The summed E-state index contributed by atoms with van der Waals surface area (Å²) in [5.41, 5.74) is -0.732. The maximum absolute atomic E-state index is 12.0. The molecule has 10 heteroatoms. The highest BCUT2D eigenvalue weighted by atomic mass is 32.2. The van der Waals surface area contributed by atoms with E-state index in [-0.39, 0.29) is 26.2 Å². The second-order valence-corrected chi connectivity index (χ2v) is 6.92. The van der Waals surface area contributed by atoms with Crippen LogP contribution in [0, 0.1) is 0 Å². The van der Waals surface area contributed by atoms with Gasteiger partial charge in [0, 0.05) is 14.2 Å². The van der Waals surface area contributed by atoms with Crippen molar-refractivity contribution in [3.05, 3.63) is 0 Å². The molecule has 1 rings (SSSR count). The minimum Gasteiger partial charge on any atom is -0.382 e. The van der Waals surface area contributed by atoms with Crippen LogP contribution in [0.15, 0.2) is 0 Å². The molecule has 9 nitrogen and oxygen atoms in total. The molecule has 0 spiro atoms. The Morgan fingerprint density at radius 1 is 1.38 bits per heavy atom. The monoisotopic (exact) mass is 323 g/mol. The van der Waals surface area contributed by atoms with Crippen molar-refractivity contribution in [2.45, 2.75) is 12.5 Å². The van der Waals surface area contributed by atoms with E-state index in [1.165, 1.54) is 14.2 Å². The van der Waals surface area contributed by atoms with Crippen LogP contribution in [0.5, 0.6) is 0 Å². The van der Waals surface area contributed by atoms with Gasteiger partial charge in [0.1, 0.15) is 5.60 Å². The average Bonchev–Trinajstić information content (AvgIpc) is 2.78. The van der Waals surface area contributed by atoms with Gasteiger partial charge in [-0.25, -0.2) is 27.2 Å². The minimum atomic E-state index is -3.66. The predicted octanol–water partition coefficient (Wildman–Crippen LogP) is -0.555. The number of hydrogen-bond donors (Lipinski definition) is 1. The number of carbonyl (C=O) groups is 2. The first-order chi connectivity index (χ1) is 9.64. The van der Waals surface area contributed by atoms with Gasteiger partial charge in [-0.05, 0) is 6.92 Å². The van der Waals surface area contributed by atoms with Gasteiger partial charge in [0.05, 0.1) is 32.5 Å². The molecule has 1 unspecified atom stereocenters. The summed E-state index contributed by atoms with van der Waals surface area (Å²) >= 11 is 0. The summed E-state index contributed by atoms with van der Waals surface area (Å²) in [6.07, 6.45) is 0.923. The zero-order valence-electron chi connectivity index (χ0n) is 12.6. The van der Waals surface area contributed by atoms with Crippen LogP contribution in [0.3, 0.4) is 0 Å². The van der Waals surface area contributed by atoms with Gasteiger partial charge < -0.3 is 14.8 Å². The highest BCUT2D eigenvalue weighted by Crippen LogP contribution is 2.13. The third-order valence-corrected chi connectivity index (χ3v) is 4.31. The van der Waals surface area contributed by atoms with Crippen LogP contribution in [-0.4, -0.2) is 82.0 Å². The van der Waals surface area contributed by atoms with Crippen molar-refractivity contribution in [1.29, 1.82) is 0 Å². The predicted molar refractivity (Wildman–Crippen MR) is 74.3 cm³/mol. The van der Waals surface area contributed by atoms with Gasteiger partial charge in [-0.3, -0.25) is 0 Å². The quantitative estimate of drug-likeness (QED) is 0.703. The zero-order valence-corrected chi connectivity index (χ0v) is 13.4. The first-order valence-corrected chi connectivity index (χ1v) is 8.10. The average molecular weight is 323 g/mol. The van der Waals surface area contributed by atoms with Crippen molar-refractivity contribution < 1.29 is 27.5 Å². The molecular formula is C11H21N3O6S. The Labute approximate surface area is 124 Å². The van der Waals surface area contributed by atoms with Crippen LogP contribution in [0.25, 0.3) is 0 Å². The Hall–Kier alpha value is -1.39. The number of hydrogen-bond acceptors (Lipinski definition) is 6. The van der Waals surface area contributed by atoms with E-state index in [1.807, 2.05) is 0 Å². The number of nitrogens with zero attached hydrogens (tertiary/aromatic N) is 2. The van der Waals surface area contributed by atoms with Crippen LogP contribution in [0.4, 0.5) is 9.59 Å². The Balaban J connectivity index is 2.64. The van der Waals surface area contributed by atoms with Crippen molar-refractivity contribution in [3.63, 3.8) is 0 Å². The molecule has 0 bridgehead atoms. The lowest BCUT2D eigenvalue weighted by Crippen LogP contribution is -2.50. The molecule has 1 fully saturated rings. The van der Waals surface area contributed by atoms with Crippen LogP contribution < -0.4 is 5.32 Å². The maximum atomic E-state index is 12.0. The molecule has 0 saturated carbocycles. The van der Waals surface area contributed by atoms with E-state index in [2.05, 4.69) is 5.32 Å². The number of methoxy groups -OCH3 is 2. The van der Waals surface area contributed by atoms with E-state index >= 15 is 0 Å². The fourth-order valence-electron chi connectivity index (χ4n) is 1.86.